The lowest BCUT2D eigenvalue weighted by Crippen LogP contribution is -2.30. The number of carbonyl (C=O) groups is 2. The second-order valence-corrected chi connectivity index (χ2v) is 5.87. The minimum absolute atomic E-state index is 0.0206. The first-order valence-corrected chi connectivity index (χ1v) is 8.15. The van der Waals surface area contributed by atoms with E-state index in [0.29, 0.717) is 24.2 Å². The van der Waals surface area contributed by atoms with Crippen LogP contribution in [-0.2, 0) is 11.2 Å². The third-order valence-corrected chi connectivity index (χ3v) is 4.20. The number of thioether (sulfide) groups is 1. The molecule has 0 bridgehead atoms. The van der Waals surface area contributed by atoms with Crippen LogP contribution in [0.25, 0.3) is 5.69 Å². The largest absolute Gasteiger partial charge is 0.298 e. The molecule has 0 aromatic carbocycles. The zero-order valence-corrected chi connectivity index (χ0v) is 12.5. The number of fused-ring (bicyclic) bond motifs is 1. The summed E-state index contributed by atoms with van der Waals surface area (Å²) in [4.78, 5) is 28.5. The van der Waals surface area contributed by atoms with E-state index in [9.17, 15) is 9.59 Å². The molecule has 0 saturated carbocycles. The first-order valence-electron chi connectivity index (χ1n) is 6.75. The summed E-state index contributed by atoms with van der Waals surface area (Å²) in [5.74, 6) is -0.183. The number of aryl methyl sites for hydroxylation is 1. The van der Waals surface area contributed by atoms with E-state index in [1.807, 2.05) is 18.4 Å². The van der Waals surface area contributed by atoms with Gasteiger partial charge < -0.3 is 0 Å². The van der Waals surface area contributed by atoms with Crippen LogP contribution in [0.1, 0.15) is 22.5 Å². The summed E-state index contributed by atoms with van der Waals surface area (Å²) >= 11 is 1.46. The average Bonchev–Trinajstić information content (AvgIpc) is 2.94. The molecule has 1 atom stereocenters. The summed E-state index contributed by atoms with van der Waals surface area (Å²) in [6, 6.07) is 3.70. The third-order valence-electron chi connectivity index (χ3n) is 3.63. The summed E-state index contributed by atoms with van der Waals surface area (Å²) in [5, 5.41) is 4.45. The van der Waals surface area contributed by atoms with Gasteiger partial charge in [0, 0.05) is 12.4 Å². The van der Waals surface area contributed by atoms with Gasteiger partial charge in [-0.3, -0.25) is 14.6 Å². The maximum absolute atomic E-state index is 12.5. The second kappa shape index (κ2) is 5.81. The van der Waals surface area contributed by atoms with Gasteiger partial charge in [0.2, 0.25) is 0 Å². The number of pyridine rings is 1. The molecule has 0 saturated heterocycles. The van der Waals surface area contributed by atoms with Crippen LogP contribution in [0.2, 0.25) is 0 Å². The van der Waals surface area contributed by atoms with Crippen LogP contribution < -0.4 is 0 Å². The Bertz CT molecular complexity index is 681. The number of hydrogen-bond acceptors (Lipinski definition) is 5. The molecular weight excluding hydrogens is 286 g/mol. The van der Waals surface area contributed by atoms with Crippen molar-refractivity contribution in [3.63, 3.8) is 0 Å². The van der Waals surface area contributed by atoms with Crippen molar-refractivity contribution in [1.82, 2.24) is 14.8 Å². The maximum Gasteiger partial charge on any atom is 0.176 e. The van der Waals surface area contributed by atoms with Crippen LogP contribution in [0.4, 0.5) is 0 Å². The van der Waals surface area contributed by atoms with E-state index in [-0.39, 0.29) is 11.6 Å². The number of nitrogens with zero attached hydrogens (tertiary/aromatic N) is 3. The van der Waals surface area contributed by atoms with Crippen LogP contribution in [-0.4, -0.2) is 38.3 Å². The predicted octanol–water partition coefficient (Wildman–Crippen LogP) is 1.94. The lowest BCUT2D eigenvalue weighted by atomic mass is 9.84. The molecule has 1 aliphatic carbocycles. The number of hydrogen-bond donors (Lipinski definition) is 0. The number of ketones is 2. The van der Waals surface area contributed by atoms with Crippen molar-refractivity contribution in [3.8, 4) is 5.69 Å². The van der Waals surface area contributed by atoms with Crippen LogP contribution in [0, 0.1) is 5.92 Å². The predicted molar refractivity (Wildman–Crippen MR) is 80.9 cm³/mol. The second-order valence-electron chi connectivity index (χ2n) is 5.00. The van der Waals surface area contributed by atoms with Gasteiger partial charge in [-0.15, -0.1) is 0 Å². The number of aromatic nitrogens is 3. The molecule has 2 heterocycles. The summed E-state index contributed by atoms with van der Waals surface area (Å²) in [7, 11) is 0. The van der Waals surface area contributed by atoms with Crippen molar-refractivity contribution in [2.45, 2.75) is 12.8 Å². The maximum atomic E-state index is 12.5. The fourth-order valence-corrected chi connectivity index (χ4v) is 3.06. The Labute approximate surface area is 126 Å². The molecule has 2 aromatic heterocycles. The minimum Gasteiger partial charge on any atom is -0.298 e. The number of rotatable bonds is 4. The fourth-order valence-electron chi connectivity index (χ4n) is 2.57. The number of carbonyl (C=O) groups excluding carboxylic acids is 2. The Morgan fingerprint density at radius 3 is 3.10 bits per heavy atom. The van der Waals surface area contributed by atoms with Gasteiger partial charge in [0.15, 0.2) is 11.6 Å². The highest BCUT2D eigenvalue weighted by Gasteiger charge is 2.34. The molecular formula is C15H15N3O2S. The van der Waals surface area contributed by atoms with Crippen molar-refractivity contribution in [1.29, 1.82) is 0 Å². The van der Waals surface area contributed by atoms with Crippen LogP contribution in [0.15, 0.2) is 30.7 Å². The van der Waals surface area contributed by atoms with Gasteiger partial charge in [-0.25, -0.2) is 4.68 Å². The monoisotopic (exact) mass is 301 g/mol. The quantitative estimate of drug-likeness (QED) is 0.808. The first-order chi connectivity index (χ1) is 10.2. The Morgan fingerprint density at radius 2 is 2.38 bits per heavy atom. The molecule has 1 unspecified atom stereocenters. The first kappa shape index (κ1) is 14.0. The Hall–Kier alpha value is -1.95. The summed E-state index contributed by atoms with van der Waals surface area (Å²) in [6.45, 7) is 0. The van der Waals surface area contributed by atoms with Crippen molar-refractivity contribution in [2.75, 3.05) is 12.0 Å². The van der Waals surface area contributed by atoms with E-state index in [1.54, 1.807) is 23.3 Å². The van der Waals surface area contributed by atoms with Crippen molar-refractivity contribution < 1.29 is 9.59 Å². The van der Waals surface area contributed by atoms with Gasteiger partial charge in [-0.05, 0) is 31.2 Å². The Balaban J connectivity index is 1.91. The zero-order chi connectivity index (χ0) is 14.8. The molecule has 3 rings (SSSR count). The molecule has 5 nitrogen and oxygen atoms in total. The van der Waals surface area contributed by atoms with Gasteiger partial charge in [-0.2, -0.15) is 16.9 Å². The molecule has 2 aromatic rings. The zero-order valence-electron chi connectivity index (χ0n) is 11.7. The molecule has 0 fully saturated rings. The summed E-state index contributed by atoms with van der Waals surface area (Å²) in [6.07, 6.45) is 8.20. The smallest absolute Gasteiger partial charge is 0.176 e. The molecule has 108 valence electrons. The SMILES string of the molecule is CSCC(=O)C1CCc2nn(-c3cccnc3)cc2C1=O. The highest BCUT2D eigenvalue weighted by molar-refractivity contribution is 7.99. The lowest BCUT2D eigenvalue weighted by molar-refractivity contribution is -0.119. The minimum atomic E-state index is -0.503. The molecule has 0 spiro atoms. The van der Waals surface area contributed by atoms with E-state index < -0.39 is 5.92 Å². The summed E-state index contributed by atoms with van der Waals surface area (Å²) < 4.78 is 1.66. The van der Waals surface area contributed by atoms with E-state index in [2.05, 4.69) is 10.1 Å². The van der Waals surface area contributed by atoms with Crippen molar-refractivity contribution in [2.24, 2.45) is 5.92 Å². The highest BCUT2D eigenvalue weighted by Crippen LogP contribution is 2.27. The lowest BCUT2D eigenvalue weighted by Gasteiger charge is -2.18. The average molecular weight is 301 g/mol. The standard InChI is InChI=1S/C15H15N3O2S/c1-21-9-14(19)11-4-5-13-12(15(11)20)8-18(17-13)10-3-2-6-16-7-10/h2-3,6-8,11H,4-5,9H2,1H3. The van der Waals surface area contributed by atoms with E-state index >= 15 is 0 Å². The number of Topliss-reactive ketones (excluding diaryl/α,β-unsaturated/α-hetero) is 2. The highest BCUT2D eigenvalue weighted by atomic mass is 32.2. The Kier molecular flexibility index (Phi) is 3.88. The van der Waals surface area contributed by atoms with Gasteiger partial charge in [0.05, 0.1) is 34.8 Å². The molecule has 6 heteroatoms. The summed E-state index contributed by atoms with van der Waals surface area (Å²) in [5.41, 5.74) is 2.16. The van der Waals surface area contributed by atoms with Gasteiger partial charge in [0.25, 0.3) is 0 Å². The van der Waals surface area contributed by atoms with E-state index in [1.165, 1.54) is 11.8 Å². The molecule has 0 N–H and O–H groups in total. The van der Waals surface area contributed by atoms with Crippen LogP contribution in [0.3, 0.4) is 0 Å². The van der Waals surface area contributed by atoms with Crippen LogP contribution >= 0.6 is 11.8 Å². The van der Waals surface area contributed by atoms with E-state index in [4.69, 9.17) is 0 Å². The third kappa shape index (κ3) is 2.63. The molecule has 0 amide bonds. The van der Waals surface area contributed by atoms with Gasteiger partial charge in [0.1, 0.15) is 0 Å². The van der Waals surface area contributed by atoms with Crippen molar-refractivity contribution >= 4 is 23.3 Å². The van der Waals surface area contributed by atoms with Gasteiger partial charge in [-0.1, -0.05) is 0 Å². The van der Waals surface area contributed by atoms with E-state index in [0.717, 1.165) is 11.4 Å². The fraction of sp³-hybridized carbons (Fsp3) is 0.333. The Morgan fingerprint density at radius 1 is 1.52 bits per heavy atom. The molecule has 1 aliphatic rings. The van der Waals surface area contributed by atoms with Crippen LogP contribution in [0.5, 0.6) is 0 Å². The molecule has 0 radical (unpaired) electrons. The van der Waals surface area contributed by atoms with Gasteiger partial charge >= 0.3 is 0 Å². The normalized spacial score (nSPS) is 17.6. The molecule has 21 heavy (non-hydrogen) atoms. The van der Waals surface area contributed by atoms with Crippen molar-refractivity contribution in [3.05, 3.63) is 42.0 Å². The topological polar surface area (TPSA) is 64.8 Å². The molecule has 0 aliphatic heterocycles.